The van der Waals surface area contributed by atoms with Crippen molar-refractivity contribution < 1.29 is 9.90 Å². The summed E-state index contributed by atoms with van der Waals surface area (Å²) in [5.41, 5.74) is 5.55. The molecule has 4 aromatic heterocycles. The topological polar surface area (TPSA) is 72.9 Å². The Balaban J connectivity index is 0.000000137. The van der Waals surface area contributed by atoms with Gasteiger partial charge in [-0.05, 0) is 48.5 Å². The SMILES string of the molecule is O=Cc1cccc(-n2c3ccccc3c3ccccc32)n1.OCc1cccc(-n2c3ccccc3c3ccccc32)n1. The maximum atomic E-state index is 11.0. The predicted octanol–water partition coefficient (Wildman–Crippen LogP) is 7.66. The van der Waals surface area contributed by atoms with Crippen LogP contribution in [0.1, 0.15) is 16.2 Å². The summed E-state index contributed by atoms with van der Waals surface area (Å²) in [6, 6.07) is 44.3. The highest BCUT2D eigenvalue weighted by Crippen LogP contribution is 2.32. The molecule has 0 aliphatic carbocycles. The Morgan fingerprint density at radius 1 is 0.500 bits per heavy atom. The summed E-state index contributed by atoms with van der Waals surface area (Å²) in [5.74, 6) is 1.59. The second kappa shape index (κ2) is 10.8. The van der Waals surface area contributed by atoms with Gasteiger partial charge in [0.25, 0.3) is 0 Å². The normalized spacial score (nSPS) is 11.2. The van der Waals surface area contributed by atoms with E-state index in [1.165, 1.54) is 21.5 Å². The van der Waals surface area contributed by atoms with Crippen molar-refractivity contribution in [3.63, 3.8) is 0 Å². The van der Waals surface area contributed by atoms with Gasteiger partial charge < -0.3 is 5.11 Å². The lowest BCUT2D eigenvalue weighted by Crippen LogP contribution is -1.99. The molecule has 0 atom stereocenters. The average Bonchev–Trinajstić information content (AvgIpc) is 3.58. The van der Waals surface area contributed by atoms with Crippen molar-refractivity contribution in [2.75, 3.05) is 0 Å². The number of pyridine rings is 2. The highest BCUT2D eigenvalue weighted by atomic mass is 16.3. The number of aromatic nitrogens is 4. The first-order valence-electron chi connectivity index (χ1n) is 13.7. The zero-order chi connectivity index (χ0) is 28.5. The van der Waals surface area contributed by atoms with Crippen molar-refractivity contribution in [1.29, 1.82) is 0 Å². The molecule has 0 bridgehead atoms. The minimum atomic E-state index is -0.0506. The molecule has 0 aliphatic rings. The number of fused-ring (bicyclic) bond motifs is 6. The summed E-state index contributed by atoms with van der Waals surface area (Å²) >= 11 is 0. The molecule has 4 heterocycles. The van der Waals surface area contributed by atoms with Crippen LogP contribution in [-0.2, 0) is 6.61 Å². The Morgan fingerprint density at radius 3 is 1.33 bits per heavy atom. The van der Waals surface area contributed by atoms with Crippen molar-refractivity contribution in [1.82, 2.24) is 19.1 Å². The Labute approximate surface area is 241 Å². The number of aliphatic hydroxyl groups excluding tert-OH is 1. The minimum Gasteiger partial charge on any atom is -0.390 e. The van der Waals surface area contributed by atoms with Crippen LogP contribution in [0.5, 0.6) is 0 Å². The van der Waals surface area contributed by atoms with Gasteiger partial charge in [-0.25, -0.2) is 9.97 Å². The van der Waals surface area contributed by atoms with E-state index in [9.17, 15) is 9.90 Å². The largest absolute Gasteiger partial charge is 0.390 e. The summed E-state index contributed by atoms with van der Waals surface area (Å²) in [4.78, 5) is 20.0. The Hall–Kier alpha value is -5.59. The van der Waals surface area contributed by atoms with Crippen LogP contribution in [0.4, 0.5) is 0 Å². The van der Waals surface area contributed by atoms with Crippen LogP contribution in [0.25, 0.3) is 55.2 Å². The summed E-state index contributed by atoms with van der Waals surface area (Å²) in [7, 11) is 0. The third kappa shape index (κ3) is 4.31. The monoisotopic (exact) mass is 546 g/mol. The van der Waals surface area contributed by atoms with Gasteiger partial charge in [0.1, 0.15) is 17.3 Å². The van der Waals surface area contributed by atoms with Gasteiger partial charge in [0.15, 0.2) is 6.29 Å². The van der Waals surface area contributed by atoms with Gasteiger partial charge in [-0.1, -0.05) is 84.9 Å². The molecule has 42 heavy (non-hydrogen) atoms. The molecule has 0 spiro atoms. The zero-order valence-electron chi connectivity index (χ0n) is 22.6. The molecule has 202 valence electrons. The number of aliphatic hydroxyl groups is 1. The fourth-order valence-electron chi connectivity index (χ4n) is 5.65. The van der Waals surface area contributed by atoms with E-state index in [1.807, 2.05) is 66.7 Å². The molecular formula is C36H26N4O2. The maximum Gasteiger partial charge on any atom is 0.168 e. The number of carbonyl (C=O) groups is 1. The molecule has 0 radical (unpaired) electrons. The second-order valence-corrected chi connectivity index (χ2v) is 9.92. The lowest BCUT2D eigenvalue weighted by molar-refractivity contribution is 0.111. The third-order valence-electron chi connectivity index (χ3n) is 7.45. The Kier molecular flexibility index (Phi) is 6.51. The van der Waals surface area contributed by atoms with E-state index in [0.717, 1.165) is 40.0 Å². The quantitative estimate of drug-likeness (QED) is 0.230. The van der Waals surface area contributed by atoms with Crippen LogP contribution >= 0.6 is 0 Å². The highest BCUT2D eigenvalue weighted by Gasteiger charge is 2.13. The average molecular weight is 547 g/mol. The van der Waals surface area contributed by atoms with Crippen LogP contribution in [-0.4, -0.2) is 30.5 Å². The standard InChI is InChI=1S/C18H14N2O.C18H12N2O/c2*21-12-13-6-5-11-18(19-13)20-16-9-3-1-7-14(16)15-8-2-4-10-17(15)20/h1-11,21H,12H2;1-12H. The summed E-state index contributed by atoms with van der Waals surface area (Å²) in [5, 5.41) is 14.1. The fraction of sp³-hybridized carbons (Fsp3) is 0.0278. The molecule has 0 fully saturated rings. The lowest BCUT2D eigenvalue weighted by atomic mass is 10.2. The molecule has 1 N–H and O–H groups in total. The molecule has 6 heteroatoms. The molecule has 0 saturated heterocycles. The third-order valence-corrected chi connectivity index (χ3v) is 7.45. The highest BCUT2D eigenvalue weighted by molar-refractivity contribution is 6.10. The van der Waals surface area contributed by atoms with E-state index in [-0.39, 0.29) is 6.61 Å². The molecule has 8 aromatic rings. The van der Waals surface area contributed by atoms with Gasteiger partial charge in [-0.15, -0.1) is 0 Å². The Bertz CT molecular complexity index is 2120. The van der Waals surface area contributed by atoms with Gasteiger partial charge in [-0.3, -0.25) is 13.9 Å². The van der Waals surface area contributed by atoms with Crippen LogP contribution in [0, 0.1) is 0 Å². The van der Waals surface area contributed by atoms with Crippen LogP contribution in [0.3, 0.4) is 0 Å². The molecule has 0 aliphatic heterocycles. The van der Waals surface area contributed by atoms with Crippen molar-refractivity contribution >= 4 is 49.9 Å². The first kappa shape index (κ1) is 25.4. The van der Waals surface area contributed by atoms with Crippen molar-refractivity contribution in [3.8, 4) is 11.6 Å². The van der Waals surface area contributed by atoms with E-state index in [0.29, 0.717) is 11.4 Å². The summed E-state index contributed by atoms with van der Waals surface area (Å²) < 4.78 is 4.24. The van der Waals surface area contributed by atoms with Gasteiger partial charge >= 0.3 is 0 Å². The number of para-hydroxylation sites is 4. The summed E-state index contributed by atoms with van der Waals surface area (Å²) in [6.07, 6.45) is 0.775. The molecule has 4 aromatic carbocycles. The van der Waals surface area contributed by atoms with Gasteiger partial charge in [0.2, 0.25) is 0 Å². The molecule has 0 unspecified atom stereocenters. The van der Waals surface area contributed by atoms with Gasteiger partial charge in [0, 0.05) is 21.5 Å². The first-order valence-corrected chi connectivity index (χ1v) is 13.7. The number of nitrogens with zero attached hydrogens (tertiary/aromatic N) is 4. The fourth-order valence-corrected chi connectivity index (χ4v) is 5.65. The predicted molar refractivity (Wildman–Crippen MR) is 168 cm³/mol. The van der Waals surface area contributed by atoms with Gasteiger partial charge in [0.05, 0.1) is 34.4 Å². The van der Waals surface area contributed by atoms with Crippen molar-refractivity contribution in [2.24, 2.45) is 0 Å². The molecule has 0 saturated carbocycles. The molecule has 0 amide bonds. The number of hydrogen-bond donors (Lipinski definition) is 1. The number of hydrogen-bond acceptors (Lipinski definition) is 4. The molecule has 6 nitrogen and oxygen atoms in total. The first-order chi connectivity index (χ1) is 20.8. The lowest BCUT2D eigenvalue weighted by Gasteiger charge is -2.07. The number of carbonyl (C=O) groups excluding carboxylic acids is 1. The molecular weight excluding hydrogens is 520 g/mol. The number of benzene rings is 4. The summed E-state index contributed by atoms with van der Waals surface area (Å²) in [6.45, 7) is -0.0506. The van der Waals surface area contributed by atoms with E-state index < -0.39 is 0 Å². The van der Waals surface area contributed by atoms with E-state index in [4.69, 9.17) is 0 Å². The van der Waals surface area contributed by atoms with E-state index in [1.54, 1.807) is 6.07 Å². The molecule has 8 rings (SSSR count). The Morgan fingerprint density at radius 2 is 0.905 bits per heavy atom. The van der Waals surface area contributed by atoms with Gasteiger partial charge in [-0.2, -0.15) is 0 Å². The zero-order valence-corrected chi connectivity index (χ0v) is 22.6. The van der Waals surface area contributed by atoms with E-state index in [2.05, 4.69) is 79.8 Å². The van der Waals surface area contributed by atoms with Crippen molar-refractivity contribution in [3.05, 3.63) is 145 Å². The van der Waals surface area contributed by atoms with Crippen molar-refractivity contribution in [2.45, 2.75) is 6.61 Å². The minimum absolute atomic E-state index is 0.0506. The van der Waals surface area contributed by atoms with Crippen LogP contribution in [0.15, 0.2) is 133 Å². The van der Waals surface area contributed by atoms with E-state index >= 15 is 0 Å². The number of rotatable bonds is 4. The number of aldehydes is 1. The van der Waals surface area contributed by atoms with Crippen LogP contribution < -0.4 is 0 Å². The second-order valence-electron chi connectivity index (χ2n) is 9.92. The van der Waals surface area contributed by atoms with Crippen LogP contribution in [0.2, 0.25) is 0 Å². The smallest absolute Gasteiger partial charge is 0.168 e. The maximum absolute atomic E-state index is 11.0.